The van der Waals surface area contributed by atoms with Gasteiger partial charge in [-0.2, -0.15) is 0 Å². The Bertz CT molecular complexity index is 449. The molecule has 1 N–H and O–H groups in total. The molecule has 0 spiro atoms. The largest absolute Gasteiger partial charge is 0.366 e. The SMILES string of the molecule is CC1(C)CN(c2cc(=O)[nH]cn2)CC(C)(C)O1. The van der Waals surface area contributed by atoms with E-state index < -0.39 is 0 Å². The summed E-state index contributed by atoms with van der Waals surface area (Å²) in [5.74, 6) is 0.707. The average Bonchev–Trinajstić information content (AvgIpc) is 2.12. The maximum atomic E-state index is 11.3. The molecule has 0 unspecified atom stereocenters. The van der Waals surface area contributed by atoms with E-state index in [4.69, 9.17) is 4.74 Å². The molecule has 0 atom stereocenters. The first kappa shape index (κ1) is 12.1. The third-order valence-electron chi connectivity index (χ3n) is 2.68. The standard InChI is InChI=1S/C12H19N3O2/c1-11(2)6-15(7-12(3,4)17-11)9-5-10(16)14-8-13-9/h5,8H,6-7H2,1-4H3,(H,13,14,16). The maximum Gasteiger partial charge on any atom is 0.252 e. The zero-order valence-corrected chi connectivity index (χ0v) is 10.8. The van der Waals surface area contributed by atoms with Gasteiger partial charge in [0.15, 0.2) is 0 Å². The van der Waals surface area contributed by atoms with E-state index in [0.717, 1.165) is 13.1 Å². The Balaban J connectivity index is 2.30. The molecule has 1 aliphatic heterocycles. The fraction of sp³-hybridized carbons (Fsp3) is 0.667. The molecule has 5 heteroatoms. The number of aromatic nitrogens is 2. The van der Waals surface area contributed by atoms with Crippen molar-refractivity contribution in [1.82, 2.24) is 9.97 Å². The quantitative estimate of drug-likeness (QED) is 0.796. The summed E-state index contributed by atoms with van der Waals surface area (Å²) in [5.41, 5.74) is -0.616. The van der Waals surface area contributed by atoms with Gasteiger partial charge in [-0.05, 0) is 27.7 Å². The summed E-state index contributed by atoms with van der Waals surface area (Å²) in [7, 11) is 0. The zero-order chi connectivity index (χ0) is 12.7. The normalized spacial score (nSPS) is 22.5. The van der Waals surface area contributed by atoms with Crippen molar-refractivity contribution >= 4 is 5.82 Å². The lowest BCUT2D eigenvalue weighted by Gasteiger charge is -2.47. The lowest BCUT2D eigenvalue weighted by molar-refractivity contribution is -0.133. The van der Waals surface area contributed by atoms with Gasteiger partial charge in [-0.3, -0.25) is 4.79 Å². The highest BCUT2D eigenvalue weighted by atomic mass is 16.5. The van der Waals surface area contributed by atoms with Gasteiger partial charge in [0.1, 0.15) is 5.82 Å². The third kappa shape index (κ3) is 2.85. The van der Waals surface area contributed by atoms with Crippen LogP contribution in [0.1, 0.15) is 27.7 Å². The van der Waals surface area contributed by atoms with E-state index in [9.17, 15) is 4.79 Å². The van der Waals surface area contributed by atoms with Crippen LogP contribution in [-0.4, -0.2) is 34.3 Å². The molecule has 5 nitrogen and oxygen atoms in total. The number of hydrogen-bond donors (Lipinski definition) is 1. The van der Waals surface area contributed by atoms with Gasteiger partial charge in [0, 0.05) is 19.2 Å². The highest BCUT2D eigenvalue weighted by Crippen LogP contribution is 2.29. The van der Waals surface area contributed by atoms with Gasteiger partial charge in [-0.1, -0.05) is 0 Å². The molecule has 1 aromatic rings. The summed E-state index contributed by atoms with van der Waals surface area (Å²) in [5, 5.41) is 0. The highest BCUT2D eigenvalue weighted by molar-refractivity contribution is 5.38. The van der Waals surface area contributed by atoms with Gasteiger partial charge < -0.3 is 14.6 Å². The summed E-state index contributed by atoms with van der Waals surface area (Å²) in [6.45, 7) is 9.66. The second-order valence-corrected chi connectivity index (χ2v) is 5.75. The van der Waals surface area contributed by atoms with Crippen LogP contribution in [0.2, 0.25) is 0 Å². The minimum atomic E-state index is -0.244. The van der Waals surface area contributed by atoms with E-state index in [0.29, 0.717) is 5.82 Å². The lowest BCUT2D eigenvalue weighted by atomic mass is 9.99. The van der Waals surface area contributed by atoms with Gasteiger partial charge in [0.05, 0.1) is 17.5 Å². The molecule has 2 heterocycles. The highest BCUT2D eigenvalue weighted by Gasteiger charge is 2.38. The first-order chi connectivity index (χ1) is 7.77. The molecule has 1 aromatic heterocycles. The molecule has 17 heavy (non-hydrogen) atoms. The van der Waals surface area contributed by atoms with Crippen LogP contribution in [0.3, 0.4) is 0 Å². The number of H-pyrrole nitrogens is 1. The maximum absolute atomic E-state index is 11.3. The summed E-state index contributed by atoms with van der Waals surface area (Å²) in [4.78, 5) is 20.1. The second-order valence-electron chi connectivity index (χ2n) is 5.75. The average molecular weight is 237 g/mol. The summed E-state index contributed by atoms with van der Waals surface area (Å²) in [6, 6.07) is 1.53. The molecule has 1 saturated heterocycles. The van der Waals surface area contributed by atoms with E-state index in [1.807, 2.05) is 27.7 Å². The summed E-state index contributed by atoms with van der Waals surface area (Å²) in [6.07, 6.45) is 1.44. The molecular formula is C12H19N3O2. The molecule has 1 aliphatic rings. The van der Waals surface area contributed by atoms with Crippen LogP contribution < -0.4 is 10.5 Å². The Labute approximate surface area is 101 Å². The minimum absolute atomic E-state index is 0.128. The number of nitrogens with zero attached hydrogens (tertiary/aromatic N) is 2. The summed E-state index contributed by atoms with van der Waals surface area (Å²) < 4.78 is 5.99. The number of ether oxygens (including phenoxy) is 1. The smallest absolute Gasteiger partial charge is 0.252 e. The Morgan fingerprint density at radius 1 is 1.29 bits per heavy atom. The van der Waals surface area contributed by atoms with Crippen molar-refractivity contribution in [2.24, 2.45) is 0 Å². The predicted molar refractivity (Wildman–Crippen MR) is 66.3 cm³/mol. The fourth-order valence-corrected chi connectivity index (χ4v) is 2.48. The van der Waals surface area contributed by atoms with E-state index in [2.05, 4.69) is 14.9 Å². The van der Waals surface area contributed by atoms with Crippen molar-refractivity contribution < 1.29 is 4.74 Å². The molecule has 0 amide bonds. The molecule has 2 rings (SSSR count). The first-order valence-corrected chi connectivity index (χ1v) is 5.77. The van der Waals surface area contributed by atoms with Crippen LogP contribution in [0.25, 0.3) is 0 Å². The van der Waals surface area contributed by atoms with Gasteiger partial charge >= 0.3 is 0 Å². The monoisotopic (exact) mass is 237 g/mol. The van der Waals surface area contributed by atoms with Gasteiger partial charge in [0.25, 0.3) is 5.56 Å². The Kier molecular flexibility index (Phi) is 2.73. The van der Waals surface area contributed by atoms with Crippen molar-refractivity contribution in [3.8, 4) is 0 Å². The zero-order valence-electron chi connectivity index (χ0n) is 10.8. The van der Waals surface area contributed by atoms with Crippen LogP contribution in [-0.2, 0) is 4.74 Å². The van der Waals surface area contributed by atoms with Crippen molar-refractivity contribution in [3.05, 3.63) is 22.7 Å². The number of hydrogen-bond acceptors (Lipinski definition) is 4. The first-order valence-electron chi connectivity index (χ1n) is 5.77. The van der Waals surface area contributed by atoms with Crippen LogP contribution in [0.4, 0.5) is 5.82 Å². The van der Waals surface area contributed by atoms with E-state index in [-0.39, 0.29) is 16.8 Å². The second kappa shape index (κ2) is 3.84. The van der Waals surface area contributed by atoms with Crippen LogP contribution in [0, 0.1) is 0 Å². The van der Waals surface area contributed by atoms with Gasteiger partial charge in [-0.25, -0.2) is 4.98 Å². The molecule has 0 bridgehead atoms. The van der Waals surface area contributed by atoms with Crippen molar-refractivity contribution in [2.45, 2.75) is 38.9 Å². The Morgan fingerprint density at radius 3 is 2.41 bits per heavy atom. The van der Waals surface area contributed by atoms with Crippen LogP contribution >= 0.6 is 0 Å². The van der Waals surface area contributed by atoms with Crippen LogP contribution in [0.5, 0.6) is 0 Å². The van der Waals surface area contributed by atoms with E-state index in [1.165, 1.54) is 12.4 Å². The molecule has 0 saturated carbocycles. The van der Waals surface area contributed by atoms with Gasteiger partial charge in [-0.15, -0.1) is 0 Å². The summed E-state index contributed by atoms with van der Waals surface area (Å²) >= 11 is 0. The lowest BCUT2D eigenvalue weighted by Crippen LogP contribution is -2.57. The topological polar surface area (TPSA) is 58.2 Å². The van der Waals surface area contributed by atoms with Gasteiger partial charge in [0.2, 0.25) is 0 Å². The van der Waals surface area contributed by atoms with E-state index in [1.54, 1.807) is 0 Å². The van der Waals surface area contributed by atoms with Crippen molar-refractivity contribution in [3.63, 3.8) is 0 Å². The number of nitrogens with one attached hydrogen (secondary N) is 1. The molecule has 0 aliphatic carbocycles. The molecular weight excluding hydrogens is 218 g/mol. The predicted octanol–water partition coefficient (Wildman–Crippen LogP) is 1.16. The van der Waals surface area contributed by atoms with E-state index >= 15 is 0 Å². The molecule has 1 fully saturated rings. The molecule has 0 radical (unpaired) electrons. The van der Waals surface area contributed by atoms with Crippen LogP contribution in [0.15, 0.2) is 17.2 Å². The number of anilines is 1. The fourth-order valence-electron chi connectivity index (χ4n) is 2.48. The number of morpholine rings is 1. The third-order valence-corrected chi connectivity index (χ3v) is 2.68. The minimum Gasteiger partial charge on any atom is -0.366 e. The van der Waals surface area contributed by atoms with Crippen molar-refractivity contribution in [2.75, 3.05) is 18.0 Å². The Hall–Kier alpha value is -1.36. The van der Waals surface area contributed by atoms with Crippen molar-refractivity contribution in [1.29, 1.82) is 0 Å². The molecule has 94 valence electrons. The molecule has 0 aromatic carbocycles. The number of rotatable bonds is 1. The number of aromatic amines is 1. The Morgan fingerprint density at radius 2 is 1.88 bits per heavy atom.